The van der Waals surface area contributed by atoms with Crippen LogP contribution in [0.4, 0.5) is 4.39 Å². The minimum absolute atomic E-state index is 0.0341. The highest BCUT2D eigenvalue weighted by atomic mass is 35.5. The first-order valence-electron chi connectivity index (χ1n) is 9.97. The Kier molecular flexibility index (Phi) is 9.12. The molecule has 0 bridgehead atoms. The predicted octanol–water partition coefficient (Wildman–Crippen LogP) is 5.25. The Morgan fingerprint density at radius 2 is 1.67 bits per heavy atom. The van der Waals surface area contributed by atoms with Crippen LogP contribution in [0.5, 0.6) is 0 Å². The number of amides is 2. The third-order valence-corrected chi connectivity index (χ3v) is 5.43. The summed E-state index contributed by atoms with van der Waals surface area (Å²) in [6.07, 6.45) is 0.404. The van der Waals surface area contributed by atoms with Crippen LogP contribution in [0.2, 0.25) is 10.0 Å². The van der Waals surface area contributed by atoms with E-state index in [4.69, 9.17) is 23.2 Å². The molecule has 1 N–H and O–H groups in total. The molecule has 0 fully saturated rings. The van der Waals surface area contributed by atoms with Gasteiger partial charge in [-0.15, -0.1) is 0 Å². The Hall–Kier alpha value is -2.11. The molecule has 2 aromatic carbocycles. The molecule has 4 nitrogen and oxygen atoms in total. The van der Waals surface area contributed by atoms with Gasteiger partial charge in [-0.25, -0.2) is 4.39 Å². The van der Waals surface area contributed by atoms with Gasteiger partial charge in [-0.3, -0.25) is 9.59 Å². The van der Waals surface area contributed by atoms with E-state index in [2.05, 4.69) is 5.32 Å². The van der Waals surface area contributed by atoms with Crippen LogP contribution in [-0.2, 0) is 22.6 Å². The van der Waals surface area contributed by atoms with Gasteiger partial charge in [0.25, 0.3) is 0 Å². The van der Waals surface area contributed by atoms with E-state index in [0.717, 1.165) is 5.56 Å². The molecule has 0 spiro atoms. The van der Waals surface area contributed by atoms with Crippen LogP contribution in [0.25, 0.3) is 0 Å². The number of carbonyl (C=O) groups excluding carboxylic acids is 2. The molecule has 0 radical (unpaired) electrons. The normalized spacial score (nSPS) is 12.0. The minimum Gasteiger partial charge on any atom is -0.354 e. The molecule has 7 heteroatoms. The van der Waals surface area contributed by atoms with Crippen molar-refractivity contribution in [1.82, 2.24) is 10.2 Å². The van der Waals surface area contributed by atoms with Crippen LogP contribution in [0.3, 0.4) is 0 Å². The second-order valence-corrected chi connectivity index (χ2v) is 8.40. The average Bonchev–Trinajstić information content (AvgIpc) is 2.70. The molecule has 0 unspecified atom stereocenters. The van der Waals surface area contributed by atoms with Gasteiger partial charge in [-0.2, -0.15) is 0 Å². The van der Waals surface area contributed by atoms with E-state index >= 15 is 0 Å². The lowest BCUT2D eigenvalue weighted by Gasteiger charge is -2.31. The molecule has 0 saturated carbocycles. The SMILES string of the molecule is CC[C@H](C(=O)NCC(C)C)N(Cc1ccc(F)cc1)C(=O)Cc1c(Cl)cccc1Cl. The van der Waals surface area contributed by atoms with Crippen LogP contribution in [-0.4, -0.2) is 29.3 Å². The van der Waals surface area contributed by atoms with Crippen molar-refractivity contribution >= 4 is 35.0 Å². The van der Waals surface area contributed by atoms with Gasteiger partial charge in [-0.1, -0.05) is 62.2 Å². The Morgan fingerprint density at radius 3 is 2.20 bits per heavy atom. The topological polar surface area (TPSA) is 49.4 Å². The van der Waals surface area contributed by atoms with Gasteiger partial charge < -0.3 is 10.2 Å². The smallest absolute Gasteiger partial charge is 0.242 e. The number of hydrogen-bond acceptors (Lipinski definition) is 2. The summed E-state index contributed by atoms with van der Waals surface area (Å²) in [6, 6.07) is 10.3. The molecule has 2 rings (SSSR count). The molecule has 0 aliphatic heterocycles. The second-order valence-electron chi connectivity index (χ2n) is 7.59. The maximum absolute atomic E-state index is 13.3. The van der Waals surface area contributed by atoms with E-state index in [1.54, 1.807) is 30.3 Å². The lowest BCUT2D eigenvalue weighted by molar-refractivity contribution is -0.141. The van der Waals surface area contributed by atoms with Crippen LogP contribution in [0.15, 0.2) is 42.5 Å². The Bertz CT molecular complexity index is 852. The zero-order chi connectivity index (χ0) is 22.3. The zero-order valence-electron chi connectivity index (χ0n) is 17.4. The average molecular weight is 453 g/mol. The Balaban J connectivity index is 2.32. The summed E-state index contributed by atoms with van der Waals surface area (Å²) in [6.45, 7) is 6.55. The van der Waals surface area contributed by atoms with Crippen LogP contribution >= 0.6 is 23.2 Å². The number of hydrogen-bond donors (Lipinski definition) is 1. The lowest BCUT2D eigenvalue weighted by Crippen LogP contribution is -2.50. The minimum atomic E-state index is -0.664. The van der Waals surface area contributed by atoms with Gasteiger partial charge in [-0.05, 0) is 47.7 Å². The number of halogens is 3. The third kappa shape index (κ3) is 6.71. The van der Waals surface area contributed by atoms with E-state index in [1.807, 2.05) is 20.8 Å². The first kappa shape index (κ1) is 24.2. The molecule has 0 heterocycles. The number of nitrogens with one attached hydrogen (secondary N) is 1. The highest BCUT2D eigenvalue weighted by Crippen LogP contribution is 2.26. The Labute approximate surface area is 187 Å². The first-order valence-corrected chi connectivity index (χ1v) is 10.7. The van der Waals surface area contributed by atoms with Crippen molar-refractivity contribution in [3.8, 4) is 0 Å². The molecule has 0 saturated heterocycles. The second kappa shape index (κ2) is 11.3. The summed E-state index contributed by atoms with van der Waals surface area (Å²) in [5, 5.41) is 3.70. The number of rotatable bonds is 9. The maximum Gasteiger partial charge on any atom is 0.242 e. The van der Waals surface area contributed by atoms with Crippen LogP contribution in [0.1, 0.15) is 38.3 Å². The fourth-order valence-electron chi connectivity index (χ4n) is 3.08. The van der Waals surface area contributed by atoms with E-state index in [0.29, 0.717) is 28.6 Å². The van der Waals surface area contributed by atoms with E-state index in [1.165, 1.54) is 17.0 Å². The first-order chi connectivity index (χ1) is 14.2. The van der Waals surface area contributed by atoms with Crippen molar-refractivity contribution in [3.63, 3.8) is 0 Å². The highest BCUT2D eigenvalue weighted by molar-refractivity contribution is 6.36. The molecule has 2 aromatic rings. The maximum atomic E-state index is 13.3. The summed E-state index contributed by atoms with van der Waals surface area (Å²) in [4.78, 5) is 27.6. The summed E-state index contributed by atoms with van der Waals surface area (Å²) in [7, 11) is 0. The fraction of sp³-hybridized carbons (Fsp3) is 0.391. The molecule has 30 heavy (non-hydrogen) atoms. The van der Waals surface area contributed by atoms with Gasteiger partial charge in [0, 0.05) is 23.1 Å². The summed E-state index contributed by atoms with van der Waals surface area (Å²) in [5.74, 6) is -0.566. The van der Waals surface area contributed by atoms with Crippen molar-refractivity contribution in [3.05, 3.63) is 69.5 Å². The standard InChI is InChI=1S/C23H27Cl2FN2O2/c1-4-21(23(30)27-13-15(2)3)28(14-16-8-10-17(26)11-9-16)22(29)12-18-19(24)6-5-7-20(18)25/h5-11,15,21H,4,12-14H2,1-3H3,(H,27,30)/t21-/m1/s1. The zero-order valence-corrected chi connectivity index (χ0v) is 18.9. The quantitative estimate of drug-likeness (QED) is 0.564. The van der Waals surface area contributed by atoms with Gasteiger partial charge in [0.05, 0.1) is 6.42 Å². The van der Waals surface area contributed by atoms with E-state index in [-0.39, 0.29) is 36.5 Å². The van der Waals surface area contributed by atoms with Crippen LogP contribution < -0.4 is 5.32 Å². The van der Waals surface area contributed by atoms with Crippen molar-refractivity contribution in [2.45, 2.75) is 46.2 Å². The third-order valence-electron chi connectivity index (χ3n) is 4.73. The molecule has 1 atom stereocenters. The number of benzene rings is 2. The van der Waals surface area contributed by atoms with Crippen molar-refractivity contribution in [1.29, 1.82) is 0 Å². The van der Waals surface area contributed by atoms with Crippen LogP contribution in [0, 0.1) is 11.7 Å². The fourth-order valence-corrected chi connectivity index (χ4v) is 3.61. The van der Waals surface area contributed by atoms with Gasteiger partial charge in [0.1, 0.15) is 11.9 Å². The van der Waals surface area contributed by atoms with E-state index in [9.17, 15) is 14.0 Å². The monoisotopic (exact) mass is 452 g/mol. The molecule has 0 aliphatic rings. The van der Waals surface area contributed by atoms with Crippen molar-refractivity contribution in [2.75, 3.05) is 6.54 Å². The van der Waals surface area contributed by atoms with Crippen molar-refractivity contribution < 1.29 is 14.0 Å². The Morgan fingerprint density at radius 1 is 1.07 bits per heavy atom. The molecule has 0 aliphatic carbocycles. The molecular formula is C23H27Cl2FN2O2. The van der Waals surface area contributed by atoms with Gasteiger partial charge in [0.2, 0.25) is 11.8 Å². The molecule has 2 amide bonds. The van der Waals surface area contributed by atoms with Crippen molar-refractivity contribution in [2.24, 2.45) is 5.92 Å². The molecular weight excluding hydrogens is 426 g/mol. The number of nitrogens with zero attached hydrogens (tertiary/aromatic N) is 1. The summed E-state index contributed by atoms with van der Waals surface area (Å²) < 4.78 is 13.3. The molecule has 0 aromatic heterocycles. The highest BCUT2D eigenvalue weighted by Gasteiger charge is 2.29. The predicted molar refractivity (Wildman–Crippen MR) is 119 cm³/mol. The summed E-state index contributed by atoms with van der Waals surface area (Å²) in [5.41, 5.74) is 1.25. The lowest BCUT2D eigenvalue weighted by atomic mass is 10.1. The van der Waals surface area contributed by atoms with E-state index < -0.39 is 6.04 Å². The van der Waals surface area contributed by atoms with Gasteiger partial charge in [0.15, 0.2) is 0 Å². The van der Waals surface area contributed by atoms with Gasteiger partial charge >= 0.3 is 0 Å². The molecule has 162 valence electrons. The number of carbonyl (C=O) groups is 2. The summed E-state index contributed by atoms with van der Waals surface area (Å²) >= 11 is 12.5. The largest absolute Gasteiger partial charge is 0.354 e.